The molecule has 6 heteroatoms. The van der Waals surface area contributed by atoms with Crippen LogP contribution in [-0.4, -0.2) is 27.3 Å². The van der Waals surface area contributed by atoms with E-state index in [0.717, 1.165) is 48.3 Å². The maximum absolute atomic E-state index is 13.3. The van der Waals surface area contributed by atoms with Crippen molar-refractivity contribution in [3.8, 4) is 0 Å². The van der Waals surface area contributed by atoms with Crippen molar-refractivity contribution in [1.29, 1.82) is 0 Å². The van der Waals surface area contributed by atoms with E-state index in [2.05, 4.69) is 15.7 Å². The minimum absolute atomic E-state index is 0.0149. The number of aromatic nitrogens is 2. The molecule has 3 saturated carbocycles. The minimum Gasteiger partial charge on any atom is -0.362 e. The number of hydrogen-bond acceptors (Lipinski definition) is 4. The van der Waals surface area contributed by atoms with Crippen molar-refractivity contribution in [2.24, 2.45) is 17.8 Å². The van der Waals surface area contributed by atoms with Crippen LogP contribution in [0.15, 0.2) is 24.3 Å². The second-order valence-corrected chi connectivity index (χ2v) is 8.72. The number of carbonyl (C=O) groups excluding carboxylic acids is 2. The smallest absolute Gasteiger partial charge is 0.255 e. The van der Waals surface area contributed by atoms with Crippen LogP contribution in [-0.2, 0) is 0 Å². The molecule has 6 rings (SSSR count). The van der Waals surface area contributed by atoms with E-state index in [1.165, 1.54) is 0 Å². The third-order valence-electron chi connectivity index (χ3n) is 7.32. The fourth-order valence-corrected chi connectivity index (χ4v) is 5.54. The molecule has 2 N–H and O–H groups in total. The summed E-state index contributed by atoms with van der Waals surface area (Å²) >= 11 is 0. The predicted octanol–water partition coefficient (Wildman–Crippen LogP) is 3.44. The number of nitrogens with one attached hydrogen (secondary N) is 2. The first kappa shape index (κ1) is 17.5. The average Bonchev–Trinajstić information content (AvgIpc) is 2.95. The van der Waals surface area contributed by atoms with Crippen LogP contribution in [0.2, 0.25) is 0 Å². The van der Waals surface area contributed by atoms with E-state index >= 15 is 0 Å². The highest BCUT2D eigenvalue weighted by molar-refractivity contribution is 6.02. The van der Waals surface area contributed by atoms with Gasteiger partial charge in [0.25, 0.3) is 5.91 Å². The first-order chi connectivity index (χ1) is 13.4. The molecular formula is C22H26N4O2. The Morgan fingerprint density at radius 1 is 1.18 bits per heavy atom. The van der Waals surface area contributed by atoms with Crippen LogP contribution in [0, 0.1) is 38.5 Å². The monoisotopic (exact) mass is 378 g/mol. The van der Waals surface area contributed by atoms with Gasteiger partial charge in [0.1, 0.15) is 5.66 Å². The number of aryl methyl sites for hydroxylation is 1. The number of carbonyl (C=O) groups is 2. The molecule has 0 radical (unpaired) electrons. The van der Waals surface area contributed by atoms with Crippen molar-refractivity contribution in [1.82, 2.24) is 15.1 Å². The highest BCUT2D eigenvalue weighted by Gasteiger charge is 2.55. The summed E-state index contributed by atoms with van der Waals surface area (Å²) in [6, 6.07) is 7.66. The number of amides is 1. The first-order valence-corrected chi connectivity index (χ1v) is 10.2. The molecule has 1 aliphatic heterocycles. The zero-order chi connectivity index (χ0) is 19.6. The third-order valence-corrected chi connectivity index (χ3v) is 7.32. The maximum Gasteiger partial charge on any atom is 0.255 e. The summed E-state index contributed by atoms with van der Waals surface area (Å²) in [6.07, 6.45) is 3.63. The van der Waals surface area contributed by atoms with Crippen molar-refractivity contribution in [2.75, 3.05) is 5.32 Å². The molecule has 2 heterocycles. The van der Waals surface area contributed by atoms with E-state index in [0.29, 0.717) is 5.56 Å². The van der Waals surface area contributed by atoms with E-state index in [1.54, 1.807) is 4.68 Å². The molecule has 4 aliphatic rings. The van der Waals surface area contributed by atoms with Crippen molar-refractivity contribution in [3.05, 3.63) is 46.8 Å². The summed E-state index contributed by atoms with van der Waals surface area (Å²) in [5.41, 5.74) is 4.11. The Bertz CT molecular complexity index is 994. The normalized spacial score (nSPS) is 30.7. The van der Waals surface area contributed by atoms with Crippen molar-refractivity contribution < 1.29 is 9.59 Å². The second-order valence-electron chi connectivity index (χ2n) is 8.72. The Morgan fingerprint density at radius 3 is 2.64 bits per heavy atom. The predicted molar refractivity (Wildman–Crippen MR) is 106 cm³/mol. The lowest BCUT2D eigenvalue weighted by atomic mass is 9.58. The zero-order valence-corrected chi connectivity index (χ0v) is 16.6. The number of rotatable bonds is 1. The summed E-state index contributed by atoms with van der Waals surface area (Å²) in [6.45, 7) is 5.94. The van der Waals surface area contributed by atoms with E-state index < -0.39 is 5.66 Å². The molecule has 2 aromatic rings. The van der Waals surface area contributed by atoms with Gasteiger partial charge in [-0.2, -0.15) is 5.10 Å². The van der Waals surface area contributed by atoms with Gasteiger partial charge in [-0.1, -0.05) is 12.1 Å². The third kappa shape index (κ3) is 2.36. The van der Waals surface area contributed by atoms with Gasteiger partial charge in [-0.15, -0.1) is 0 Å². The van der Waals surface area contributed by atoms with Crippen molar-refractivity contribution in [3.63, 3.8) is 0 Å². The molecule has 1 aromatic carbocycles. The molecule has 1 spiro atoms. The Kier molecular flexibility index (Phi) is 3.70. The number of para-hydroxylation sites is 1. The molecule has 3 fully saturated rings. The van der Waals surface area contributed by atoms with Gasteiger partial charge in [0.05, 0.1) is 11.3 Å². The summed E-state index contributed by atoms with van der Waals surface area (Å²) in [7, 11) is 0. The highest BCUT2D eigenvalue weighted by atomic mass is 16.2. The van der Waals surface area contributed by atoms with Crippen LogP contribution in [0.25, 0.3) is 0 Å². The molecule has 1 amide bonds. The number of hydrogen-bond donors (Lipinski definition) is 2. The van der Waals surface area contributed by atoms with E-state index in [1.807, 2.05) is 45.0 Å². The largest absolute Gasteiger partial charge is 0.362 e. The fraction of sp³-hybridized carbons (Fsp3) is 0.500. The molecular weight excluding hydrogens is 352 g/mol. The quantitative estimate of drug-likeness (QED) is 0.797. The SMILES string of the molecule is Cc1nn(C(=O)[C@@H]2C[C@H]3CC[C@H]2C[C@]32NC(=O)c3ccccc3N2)c(C)c1C. The lowest BCUT2D eigenvalue weighted by Gasteiger charge is -2.56. The Morgan fingerprint density at radius 2 is 1.96 bits per heavy atom. The molecule has 146 valence electrons. The van der Waals surface area contributed by atoms with Gasteiger partial charge in [-0.05, 0) is 70.1 Å². The molecule has 0 unspecified atom stereocenters. The van der Waals surface area contributed by atoms with E-state index in [-0.39, 0.29) is 29.6 Å². The molecule has 3 aliphatic carbocycles. The van der Waals surface area contributed by atoms with Crippen LogP contribution in [0.4, 0.5) is 5.69 Å². The van der Waals surface area contributed by atoms with Crippen LogP contribution in [0.5, 0.6) is 0 Å². The van der Waals surface area contributed by atoms with Gasteiger partial charge in [0.15, 0.2) is 0 Å². The minimum atomic E-state index is -0.434. The van der Waals surface area contributed by atoms with E-state index in [9.17, 15) is 9.59 Å². The summed E-state index contributed by atoms with van der Waals surface area (Å²) in [5, 5.41) is 11.4. The fourth-order valence-electron chi connectivity index (χ4n) is 5.54. The molecule has 1 aromatic heterocycles. The molecule has 0 saturated heterocycles. The standard InChI is InChI=1S/C22H26N4O2/c1-12-13(2)25-26(14(12)3)21(28)18-10-16-9-8-15(18)11-22(16)23-19-7-5-4-6-17(19)20(27)24-22/h4-7,15-16,18,23H,8-11H2,1-3H3,(H,24,27)/t15-,16+,18+,22-/m0/s1. The lowest BCUT2D eigenvalue weighted by molar-refractivity contribution is 0.00907. The summed E-state index contributed by atoms with van der Waals surface area (Å²) < 4.78 is 1.62. The topological polar surface area (TPSA) is 76.0 Å². The zero-order valence-electron chi connectivity index (χ0n) is 16.6. The van der Waals surface area contributed by atoms with Crippen LogP contribution in [0.1, 0.15) is 57.8 Å². The second kappa shape index (κ2) is 5.93. The van der Waals surface area contributed by atoms with Gasteiger partial charge in [-0.3, -0.25) is 9.59 Å². The van der Waals surface area contributed by atoms with Crippen LogP contribution in [0.3, 0.4) is 0 Å². The van der Waals surface area contributed by atoms with Crippen LogP contribution >= 0.6 is 0 Å². The van der Waals surface area contributed by atoms with Crippen molar-refractivity contribution in [2.45, 2.75) is 52.1 Å². The first-order valence-electron chi connectivity index (χ1n) is 10.2. The molecule has 6 nitrogen and oxygen atoms in total. The average molecular weight is 378 g/mol. The summed E-state index contributed by atoms with van der Waals surface area (Å²) in [4.78, 5) is 26.0. The summed E-state index contributed by atoms with van der Waals surface area (Å²) in [5.74, 6) is 0.555. The van der Waals surface area contributed by atoms with Gasteiger partial charge in [-0.25, -0.2) is 4.68 Å². The lowest BCUT2D eigenvalue weighted by Crippen LogP contribution is -2.67. The van der Waals surface area contributed by atoms with Gasteiger partial charge < -0.3 is 10.6 Å². The van der Waals surface area contributed by atoms with Gasteiger partial charge in [0, 0.05) is 23.2 Å². The highest BCUT2D eigenvalue weighted by Crippen LogP contribution is 2.52. The van der Waals surface area contributed by atoms with Gasteiger partial charge in [0.2, 0.25) is 5.91 Å². The number of nitrogens with zero attached hydrogens (tertiary/aromatic N) is 2. The number of anilines is 1. The number of benzene rings is 1. The maximum atomic E-state index is 13.3. The Hall–Kier alpha value is -2.63. The Balaban J connectivity index is 1.44. The molecule has 28 heavy (non-hydrogen) atoms. The van der Waals surface area contributed by atoms with Gasteiger partial charge >= 0.3 is 0 Å². The molecule has 2 bridgehead atoms. The van der Waals surface area contributed by atoms with Crippen LogP contribution < -0.4 is 10.6 Å². The Labute approximate surface area is 164 Å². The van der Waals surface area contributed by atoms with Crippen molar-refractivity contribution >= 4 is 17.5 Å². The number of fused-ring (bicyclic) bond motifs is 3. The van der Waals surface area contributed by atoms with E-state index in [4.69, 9.17) is 0 Å². The molecule has 4 atom stereocenters.